The van der Waals surface area contributed by atoms with Crippen LogP contribution in [0.1, 0.15) is 39.6 Å². The molecule has 3 aromatic rings. The first-order valence-electron chi connectivity index (χ1n) is 9.05. The molecule has 5 heteroatoms. The topological polar surface area (TPSA) is 55.4 Å². The second-order valence-electron chi connectivity index (χ2n) is 6.17. The molecule has 0 atom stereocenters. The minimum atomic E-state index is -0.859. The van der Waals surface area contributed by atoms with Crippen molar-refractivity contribution in [3.8, 4) is 11.5 Å². The van der Waals surface area contributed by atoms with Crippen molar-refractivity contribution in [2.75, 3.05) is 6.54 Å². The first-order valence-corrected chi connectivity index (χ1v) is 9.05. The van der Waals surface area contributed by atoms with Crippen LogP contribution in [0.5, 0.6) is 11.5 Å². The molecule has 0 saturated heterocycles. The Bertz CT molecular complexity index is 972. The van der Waals surface area contributed by atoms with Crippen LogP contribution >= 0.6 is 0 Å². The molecule has 0 aromatic heterocycles. The van der Waals surface area contributed by atoms with E-state index >= 15 is 4.39 Å². The lowest BCUT2D eigenvalue weighted by Crippen LogP contribution is -2.25. The molecule has 4 nitrogen and oxygen atoms in total. The zero-order valence-corrected chi connectivity index (χ0v) is 15.4. The Kier molecular flexibility index (Phi) is 6.17. The molecule has 0 radical (unpaired) electrons. The number of carbonyl (C=O) groups excluding carboxylic acids is 2. The van der Waals surface area contributed by atoms with Crippen molar-refractivity contribution < 1.29 is 18.7 Å². The second-order valence-corrected chi connectivity index (χ2v) is 6.17. The molecular weight excluding hydrogens is 357 g/mol. The quantitative estimate of drug-likeness (QED) is 0.590. The van der Waals surface area contributed by atoms with E-state index in [1.165, 1.54) is 12.1 Å². The number of rotatable bonds is 7. The molecule has 0 saturated carbocycles. The number of carbonyl (C=O) groups is 2. The fraction of sp³-hybridized carbons (Fsp3) is 0.130. The van der Waals surface area contributed by atoms with Crippen LogP contribution < -0.4 is 10.1 Å². The Balaban J connectivity index is 2.05. The standard InChI is InChI=1S/C23H20FNO3/c1-2-15-25-23(27)19-14-13-18(21(26)16-9-5-3-6-10-16)20(24)22(19)28-17-11-7-4-8-12-17/h3-14H,2,15H2,1H3,(H,25,27). The summed E-state index contributed by atoms with van der Waals surface area (Å²) in [6.45, 7) is 2.37. The van der Waals surface area contributed by atoms with Crippen molar-refractivity contribution in [3.63, 3.8) is 0 Å². The highest BCUT2D eigenvalue weighted by Crippen LogP contribution is 2.31. The molecule has 142 valence electrons. The summed E-state index contributed by atoms with van der Waals surface area (Å²) in [5.41, 5.74) is 0.249. The van der Waals surface area contributed by atoms with Gasteiger partial charge in [-0.15, -0.1) is 0 Å². The van der Waals surface area contributed by atoms with Crippen LogP contribution in [0.2, 0.25) is 0 Å². The summed E-state index contributed by atoms with van der Waals surface area (Å²) >= 11 is 0. The SMILES string of the molecule is CCCNC(=O)c1ccc(C(=O)c2ccccc2)c(F)c1Oc1ccccc1. The van der Waals surface area contributed by atoms with Crippen molar-refractivity contribution in [2.24, 2.45) is 0 Å². The van der Waals surface area contributed by atoms with E-state index < -0.39 is 17.5 Å². The molecule has 0 heterocycles. The third-order valence-electron chi connectivity index (χ3n) is 4.12. The lowest BCUT2D eigenvalue weighted by atomic mass is 10.00. The molecule has 0 unspecified atom stereocenters. The zero-order chi connectivity index (χ0) is 19.9. The average Bonchev–Trinajstić information content (AvgIpc) is 2.74. The van der Waals surface area contributed by atoms with E-state index in [1.807, 2.05) is 6.92 Å². The first-order chi connectivity index (χ1) is 13.6. The van der Waals surface area contributed by atoms with Gasteiger partial charge in [-0.3, -0.25) is 9.59 Å². The first kappa shape index (κ1) is 19.3. The third-order valence-corrected chi connectivity index (χ3v) is 4.12. The van der Waals surface area contributed by atoms with Crippen LogP contribution in [0.15, 0.2) is 72.8 Å². The van der Waals surface area contributed by atoms with Gasteiger partial charge in [-0.05, 0) is 30.7 Å². The van der Waals surface area contributed by atoms with Gasteiger partial charge >= 0.3 is 0 Å². The maximum atomic E-state index is 15.3. The summed E-state index contributed by atoms with van der Waals surface area (Å²) in [6.07, 6.45) is 0.744. The van der Waals surface area contributed by atoms with E-state index in [-0.39, 0.29) is 16.9 Å². The summed E-state index contributed by atoms with van der Waals surface area (Å²) in [6, 6.07) is 19.7. The minimum Gasteiger partial charge on any atom is -0.453 e. The Morgan fingerprint density at radius 2 is 1.50 bits per heavy atom. The van der Waals surface area contributed by atoms with Crippen molar-refractivity contribution in [1.82, 2.24) is 5.32 Å². The molecule has 0 aliphatic rings. The van der Waals surface area contributed by atoms with Gasteiger partial charge in [-0.25, -0.2) is 4.39 Å². The van der Waals surface area contributed by atoms with E-state index in [0.29, 0.717) is 17.9 Å². The van der Waals surface area contributed by atoms with Gasteiger partial charge < -0.3 is 10.1 Å². The number of ether oxygens (including phenoxy) is 1. The molecule has 1 N–H and O–H groups in total. The lowest BCUT2D eigenvalue weighted by Gasteiger charge is -2.14. The van der Waals surface area contributed by atoms with Gasteiger partial charge in [0.25, 0.3) is 5.91 Å². The van der Waals surface area contributed by atoms with E-state index in [4.69, 9.17) is 4.74 Å². The molecular formula is C23H20FNO3. The molecule has 0 spiro atoms. The summed E-state index contributed by atoms with van der Waals surface area (Å²) in [7, 11) is 0. The Labute approximate surface area is 163 Å². The van der Waals surface area contributed by atoms with Gasteiger partial charge in [0.15, 0.2) is 17.3 Å². The van der Waals surface area contributed by atoms with E-state index in [2.05, 4.69) is 5.32 Å². The highest BCUT2D eigenvalue weighted by atomic mass is 19.1. The predicted molar refractivity (Wildman–Crippen MR) is 105 cm³/mol. The van der Waals surface area contributed by atoms with E-state index in [1.54, 1.807) is 60.7 Å². The normalized spacial score (nSPS) is 10.4. The molecule has 0 aliphatic carbocycles. The Morgan fingerprint density at radius 3 is 2.14 bits per heavy atom. The summed E-state index contributed by atoms with van der Waals surface area (Å²) in [5, 5.41) is 2.71. The lowest BCUT2D eigenvalue weighted by molar-refractivity contribution is 0.0948. The van der Waals surface area contributed by atoms with E-state index in [0.717, 1.165) is 6.42 Å². The van der Waals surface area contributed by atoms with Crippen LogP contribution in [-0.2, 0) is 0 Å². The number of amides is 1. The van der Waals surface area contributed by atoms with Gasteiger partial charge in [0, 0.05) is 12.1 Å². The zero-order valence-electron chi connectivity index (χ0n) is 15.4. The second kappa shape index (κ2) is 8.95. The molecule has 0 aliphatic heterocycles. The Hall–Kier alpha value is -3.47. The van der Waals surface area contributed by atoms with Gasteiger partial charge in [-0.2, -0.15) is 0 Å². The highest BCUT2D eigenvalue weighted by molar-refractivity contribution is 6.10. The maximum Gasteiger partial charge on any atom is 0.255 e. The number of nitrogens with one attached hydrogen (secondary N) is 1. The van der Waals surface area contributed by atoms with E-state index in [9.17, 15) is 9.59 Å². The van der Waals surface area contributed by atoms with Gasteiger partial charge in [0.1, 0.15) is 5.75 Å². The number of ketones is 1. The number of hydrogen-bond acceptors (Lipinski definition) is 3. The number of para-hydroxylation sites is 1. The van der Waals surface area contributed by atoms with Crippen LogP contribution in [0.4, 0.5) is 4.39 Å². The number of halogens is 1. The Morgan fingerprint density at radius 1 is 0.893 bits per heavy atom. The fourth-order valence-electron chi connectivity index (χ4n) is 2.70. The summed E-state index contributed by atoms with van der Waals surface area (Å²) in [4.78, 5) is 25.2. The number of benzene rings is 3. The average molecular weight is 377 g/mol. The largest absolute Gasteiger partial charge is 0.453 e. The number of hydrogen-bond donors (Lipinski definition) is 1. The molecule has 28 heavy (non-hydrogen) atoms. The van der Waals surface area contributed by atoms with Gasteiger partial charge in [0.2, 0.25) is 0 Å². The smallest absolute Gasteiger partial charge is 0.255 e. The monoisotopic (exact) mass is 377 g/mol. The molecule has 3 rings (SSSR count). The molecule has 1 amide bonds. The molecule has 0 fully saturated rings. The highest BCUT2D eigenvalue weighted by Gasteiger charge is 2.24. The minimum absolute atomic E-state index is 0.0411. The van der Waals surface area contributed by atoms with Crippen LogP contribution in [0.3, 0.4) is 0 Å². The van der Waals surface area contributed by atoms with Crippen LogP contribution in [0, 0.1) is 5.82 Å². The summed E-state index contributed by atoms with van der Waals surface area (Å²) < 4.78 is 21.0. The fourth-order valence-corrected chi connectivity index (χ4v) is 2.70. The van der Waals surface area contributed by atoms with Crippen LogP contribution in [-0.4, -0.2) is 18.2 Å². The molecule has 3 aromatic carbocycles. The maximum absolute atomic E-state index is 15.3. The van der Waals surface area contributed by atoms with Crippen molar-refractivity contribution >= 4 is 11.7 Å². The van der Waals surface area contributed by atoms with Gasteiger partial charge in [-0.1, -0.05) is 55.5 Å². The van der Waals surface area contributed by atoms with Crippen molar-refractivity contribution in [3.05, 3.63) is 95.3 Å². The predicted octanol–water partition coefficient (Wildman–Crippen LogP) is 4.99. The van der Waals surface area contributed by atoms with Crippen LogP contribution in [0.25, 0.3) is 0 Å². The van der Waals surface area contributed by atoms with Crippen molar-refractivity contribution in [2.45, 2.75) is 13.3 Å². The molecule has 0 bridgehead atoms. The van der Waals surface area contributed by atoms with Gasteiger partial charge in [0.05, 0.1) is 11.1 Å². The van der Waals surface area contributed by atoms with Crippen molar-refractivity contribution in [1.29, 1.82) is 0 Å². The summed E-state index contributed by atoms with van der Waals surface area (Å²) in [5.74, 6) is -1.68. The third kappa shape index (κ3) is 4.26.